The zero-order valence-corrected chi connectivity index (χ0v) is 8.30. The number of halogens is 1. The molecule has 0 heterocycles. The molecule has 0 fully saturated rings. The maximum Gasteiger partial charge on any atom is 0.339 e. The third kappa shape index (κ3) is 2.08. The predicted octanol–water partition coefficient (Wildman–Crippen LogP) is 2.50. The number of aryl methyl sites for hydroxylation is 1. The van der Waals surface area contributed by atoms with Gasteiger partial charge < -0.3 is 4.74 Å². The third-order valence-corrected chi connectivity index (χ3v) is 1.78. The van der Waals surface area contributed by atoms with Gasteiger partial charge in [-0.2, -0.15) is 0 Å². The van der Waals surface area contributed by atoms with Crippen molar-refractivity contribution in [3.63, 3.8) is 0 Å². The first-order valence-corrected chi connectivity index (χ1v) is 4.66. The van der Waals surface area contributed by atoms with E-state index in [9.17, 15) is 4.79 Å². The van der Waals surface area contributed by atoms with Crippen LogP contribution in [0, 0.1) is 6.92 Å². The second-order valence-electron chi connectivity index (χ2n) is 2.36. The molecule has 0 spiro atoms. The van der Waals surface area contributed by atoms with Gasteiger partial charge in [-0.1, -0.05) is 18.2 Å². The number of alkyl halides is 1. The van der Waals surface area contributed by atoms with Crippen LogP contribution >= 0.6 is 15.9 Å². The first-order chi connectivity index (χ1) is 5.75. The van der Waals surface area contributed by atoms with Gasteiger partial charge in [0, 0.05) is 0 Å². The van der Waals surface area contributed by atoms with E-state index in [2.05, 4.69) is 15.9 Å². The van der Waals surface area contributed by atoms with E-state index in [1.165, 1.54) is 0 Å². The number of ether oxygens (including phenoxy) is 1. The monoisotopic (exact) mass is 228 g/mol. The standard InChI is InChI=1S/C9H9BrO2/c1-7-4-2-3-5-8(7)9(11)12-6-10/h2-5H,6H2,1H3. The summed E-state index contributed by atoms with van der Waals surface area (Å²) in [4.78, 5) is 11.2. The smallest absolute Gasteiger partial charge is 0.339 e. The topological polar surface area (TPSA) is 26.3 Å². The summed E-state index contributed by atoms with van der Waals surface area (Å²) < 4.78 is 4.79. The summed E-state index contributed by atoms with van der Waals surface area (Å²) in [7, 11) is 0. The fourth-order valence-electron chi connectivity index (χ4n) is 0.929. The molecule has 0 aromatic heterocycles. The Bertz CT molecular complexity index is 284. The Morgan fingerprint density at radius 1 is 1.50 bits per heavy atom. The molecule has 0 N–H and O–H groups in total. The summed E-state index contributed by atoms with van der Waals surface area (Å²) in [5, 5.41) is 0. The second kappa shape index (κ2) is 4.26. The molecule has 3 heteroatoms. The van der Waals surface area contributed by atoms with Gasteiger partial charge in [0.1, 0.15) is 5.52 Å². The van der Waals surface area contributed by atoms with Crippen molar-refractivity contribution >= 4 is 21.9 Å². The lowest BCUT2D eigenvalue weighted by atomic mass is 10.1. The highest BCUT2D eigenvalue weighted by Gasteiger charge is 2.07. The van der Waals surface area contributed by atoms with Crippen LogP contribution in [0.3, 0.4) is 0 Å². The fraction of sp³-hybridized carbons (Fsp3) is 0.222. The van der Waals surface area contributed by atoms with Gasteiger partial charge in [-0.05, 0) is 34.5 Å². The lowest BCUT2D eigenvalue weighted by molar-refractivity contribution is 0.0583. The van der Waals surface area contributed by atoms with Crippen LogP contribution in [0.4, 0.5) is 0 Å². The van der Waals surface area contributed by atoms with Crippen molar-refractivity contribution in [2.24, 2.45) is 0 Å². The molecule has 0 radical (unpaired) electrons. The third-order valence-electron chi connectivity index (χ3n) is 1.55. The average Bonchev–Trinajstić information content (AvgIpc) is 2.05. The van der Waals surface area contributed by atoms with Crippen LogP contribution in [0.15, 0.2) is 24.3 Å². The summed E-state index contributed by atoms with van der Waals surface area (Å²) in [6, 6.07) is 7.34. The Morgan fingerprint density at radius 3 is 2.75 bits per heavy atom. The minimum absolute atomic E-state index is 0.236. The molecule has 0 bridgehead atoms. The molecule has 1 aromatic carbocycles. The molecule has 2 nitrogen and oxygen atoms in total. The van der Waals surface area contributed by atoms with Crippen LogP contribution in [0.25, 0.3) is 0 Å². The molecular weight excluding hydrogens is 220 g/mol. The molecular formula is C9H9BrO2. The van der Waals surface area contributed by atoms with Crippen LogP contribution in [0.1, 0.15) is 15.9 Å². The van der Waals surface area contributed by atoms with Crippen molar-refractivity contribution in [3.05, 3.63) is 35.4 Å². The van der Waals surface area contributed by atoms with E-state index in [1.54, 1.807) is 6.07 Å². The molecule has 0 unspecified atom stereocenters. The number of esters is 1. The number of hydrogen-bond donors (Lipinski definition) is 0. The molecule has 0 saturated carbocycles. The van der Waals surface area contributed by atoms with Gasteiger partial charge in [0.15, 0.2) is 0 Å². The Labute approximate surface area is 79.7 Å². The highest BCUT2D eigenvalue weighted by atomic mass is 79.9. The van der Waals surface area contributed by atoms with Gasteiger partial charge in [-0.25, -0.2) is 4.79 Å². The van der Waals surface area contributed by atoms with Gasteiger partial charge in [0.25, 0.3) is 0 Å². The minimum atomic E-state index is -0.287. The van der Waals surface area contributed by atoms with Crippen LogP contribution < -0.4 is 0 Å². The van der Waals surface area contributed by atoms with Crippen molar-refractivity contribution in [1.82, 2.24) is 0 Å². The summed E-state index contributed by atoms with van der Waals surface area (Å²) in [5.74, 6) is -0.287. The largest absolute Gasteiger partial charge is 0.450 e. The molecule has 0 aliphatic rings. The van der Waals surface area contributed by atoms with Crippen molar-refractivity contribution in [3.8, 4) is 0 Å². The summed E-state index contributed by atoms with van der Waals surface area (Å²) in [6.07, 6.45) is 0. The van der Waals surface area contributed by atoms with Gasteiger partial charge in [-0.3, -0.25) is 0 Å². The average molecular weight is 229 g/mol. The molecule has 0 amide bonds. The van der Waals surface area contributed by atoms with Gasteiger partial charge in [0.2, 0.25) is 0 Å². The van der Waals surface area contributed by atoms with Gasteiger partial charge in [-0.15, -0.1) is 0 Å². The maximum absolute atomic E-state index is 11.2. The molecule has 1 rings (SSSR count). The van der Waals surface area contributed by atoms with E-state index in [0.717, 1.165) is 5.56 Å². The zero-order valence-electron chi connectivity index (χ0n) is 6.71. The van der Waals surface area contributed by atoms with Crippen LogP contribution in [0.2, 0.25) is 0 Å². The normalized spacial score (nSPS) is 9.50. The van der Waals surface area contributed by atoms with E-state index in [1.807, 2.05) is 25.1 Å². The summed E-state index contributed by atoms with van der Waals surface area (Å²) >= 11 is 3.03. The molecule has 64 valence electrons. The molecule has 0 aliphatic carbocycles. The summed E-state index contributed by atoms with van der Waals surface area (Å²) in [5.41, 5.74) is 1.79. The highest BCUT2D eigenvalue weighted by molar-refractivity contribution is 9.09. The molecule has 0 aliphatic heterocycles. The molecule has 0 saturated heterocycles. The van der Waals surface area contributed by atoms with Gasteiger partial charge >= 0.3 is 5.97 Å². The van der Waals surface area contributed by atoms with Crippen LogP contribution in [-0.2, 0) is 4.74 Å². The Morgan fingerprint density at radius 2 is 2.17 bits per heavy atom. The number of carbonyl (C=O) groups excluding carboxylic acids is 1. The predicted molar refractivity (Wildman–Crippen MR) is 50.4 cm³/mol. The highest BCUT2D eigenvalue weighted by Crippen LogP contribution is 2.08. The van der Waals surface area contributed by atoms with E-state index < -0.39 is 0 Å². The second-order valence-corrected chi connectivity index (χ2v) is 2.81. The number of rotatable bonds is 2. The Kier molecular flexibility index (Phi) is 3.29. The first-order valence-electron chi connectivity index (χ1n) is 3.54. The van der Waals surface area contributed by atoms with E-state index in [0.29, 0.717) is 5.56 Å². The van der Waals surface area contributed by atoms with Crippen LogP contribution in [-0.4, -0.2) is 11.5 Å². The maximum atomic E-state index is 11.2. The van der Waals surface area contributed by atoms with Crippen molar-refractivity contribution in [2.75, 3.05) is 5.52 Å². The van der Waals surface area contributed by atoms with Gasteiger partial charge in [0.05, 0.1) is 5.56 Å². The Balaban J connectivity index is 2.87. The van der Waals surface area contributed by atoms with E-state index in [4.69, 9.17) is 4.74 Å². The van der Waals surface area contributed by atoms with E-state index >= 15 is 0 Å². The SMILES string of the molecule is Cc1ccccc1C(=O)OCBr. The molecule has 12 heavy (non-hydrogen) atoms. The fourth-order valence-corrected chi connectivity index (χ4v) is 1.14. The summed E-state index contributed by atoms with van der Waals surface area (Å²) in [6.45, 7) is 1.88. The molecule has 0 atom stereocenters. The van der Waals surface area contributed by atoms with E-state index in [-0.39, 0.29) is 11.5 Å². The Hall–Kier alpha value is -0.830. The number of hydrogen-bond acceptors (Lipinski definition) is 2. The zero-order chi connectivity index (χ0) is 8.97. The van der Waals surface area contributed by atoms with Crippen molar-refractivity contribution < 1.29 is 9.53 Å². The molecule has 1 aromatic rings. The van der Waals surface area contributed by atoms with Crippen molar-refractivity contribution in [1.29, 1.82) is 0 Å². The quantitative estimate of drug-likeness (QED) is 0.575. The lowest BCUT2D eigenvalue weighted by Gasteiger charge is -2.02. The first kappa shape index (κ1) is 9.26. The lowest BCUT2D eigenvalue weighted by Crippen LogP contribution is -2.04. The van der Waals surface area contributed by atoms with Crippen molar-refractivity contribution in [2.45, 2.75) is 6.92 Å². The number of benzene rings is 1. The number of carbonyl (C=O) groups is 1. The minimum Gasteiger partial charge on any atom is -0.450 e. The van der Waals surface area contributed by atoms with Crippen LogP contribution in [0.5, 0.6) is 0 Å².